The van der Waals surface area contributed by atoms with Gasteiger partial charge in [-0.25, -0.2) is 0 Å². The zero-order valence-electron chi connectivity index (χ0n) is 13.2. The Morgan fingerprint density at radius 3 is 2.67 bits per heavy atom. The summed E-state index contributed by atoms with van der Waals surface area (Å²) in [5.74, 6) is 0.304. The molecule has 3 nitrogen and oxygen atoms in total. The van der Waals surface area contributed by atoms with Crippen LogP contribution in [0.15, 0.2) is 24.3 Å². The Morgan fingerprint density at radius 1 is 1.29 bits per heavy atom. The molecule has 0 aromatic heterocycles. The van der Waals surface area contributed by atoms with Crippen molar-refractivity contribution in [3.05, 3.63) is 35.4 Å². The molecule has 1 aromatic rings. The minimum Gasteiger partial charge on any atom is -0.340 e. The Balaban J connectivity index is 1.92. The van der Waals surface area contributed by atoms with E-state index in [1.165, 1.54) is 36.8 Å². The second-order valence-corrected chi connectivity index (χ2v) is 6.09. The summed E-state index contributed by atoms with van der Waals surface area (Å²) in [6.07, 6.45) is 7.22. The van der Waals surface area contributed by atoms with E-state index in [9.17, 15) is 4.79 Å². The maximum Gasteiger partial charge on any atom is 0.223 e. The average molecular weight is 288 g/mol. The number of amides is 1. The predicted octanol–water partition coefficient (Wildman–Crippen LogP) is 3.05. The molecule has 1 aliphatic carbocycles. The molecule has 1 fully saturated rings. The fourth-order valence-corrected chi connectivity index (χ4v) is 3.26. The lowest BCUT2D eigenvalue weighted by Crippen LogP contribution is -2.40. The third-order valence-electron chi connectivity index (χ3n) is 4.56. The van der Waals surface area contributed by atoms with E-state index in [2.05, 4.69) is 30.0 Å². The van der Waals surface area contributed by atoms with E-state index in [-0.39, 0.29) is 0 Å². The summed E-state index contributed by atoms with van der Waals surface area (Å²) in [4.78, 5) is 14.7. The number of nitrogens with zero attached hydrogens (tertiary/aromatic N) is 1. The van der Waals surface area contributed by atoms with Crippen molar-refractivity contribution >= 4 is 5.91 Å². The van der Waals surface area contributed by atoms with Crippen molar-refractivity contribution in [1.29, 1.82) is 0 Å². The third kappa shape index (κ3) is 4.57. The molecule has 3 heteroatoms. The Hall–Kier alpha value is -1.35. The zero-order valence-corrected chi connectivity index (χ0v) is 13.2. The second kappa shape index (κ2) is 8.18. The molecule has 0 radical (unpaired) electrons. The SMILES string of the molecule is Cc1ccccc1CCC(=O)N(CCCN)C1CCCC1. The van der Waals surface area contributed by atoms with E-state index in [1.807, 2.05) is 6.07 Å². The van der Waals surface area contributed by atoms with E-state index >= 15 is 0 Å². The van der Waals surface area contributed by atoms with Crippen molar-refractivity contribution in [3.63, 3.8) is 0 Å². The Kier molecular flexibility index (Phi) is 6.24. The molecule has 2 rings (SSSR count). The lowest BCUT2D eigenvalue weighted by Gasteiger charge is -2.29. The normalized spacial score (nSPS) is 15.3. The average Bonchev–Trinajstić information content (AvgIpc) is 3.01. The quantitative estimate of drug-likeness (QED) is 0.838. The van der Waals surface area contributed by atoms with Gasteiger partial charge in [-0.15, -0.1) is 0 Å². The molecule has 0 heterocycles. The summed E-state index contributed by atoms with van der Waals surface area (Å²) in [5, 5.41) is 0. The second-order valence-electron chi connectivity index (χ2n) is 6.09. The third-order valence-corrected chi connectivity index (χ3v) is 4.56. The number of rotatable bonds is 7. The van der Waals surface area contributed by atoms with Crippen molar-refractivity contribution < 1.29 is 4.79 Å². The molecule has 0 atom stereocenters. The van der Waals surface area contributed by atoms with Crippen LogP contribution in [0.4, 0.5) is 0 Å². The van der Waals surface area contributed by atoms with E-state index in [0.717, 1.165) is 19.4 Å². The minimum atomic E-state index is 0.304. The molecule has 116 valence electrons. The number of hydrogen-bond acceptors (Lipinski definition) is 2. The van der Waals surface area contributed by atoms with Gasteiger partial charge in [-0.3, -0.25) is 4.79 Å². The van der Waals surface area contributed by atoms with Gasteiger partial charge in [0.15, 0.2) is 0 Å². The molecule has 0 bridgehead atoms. The van der Waals surface area contributed by atoms with Crippen LogP contribution >= 0.6 is 0 Å². The highest BCUT2D eigenvalue weighted by Gasteiger charge is 2.25. The Labute approximate surface area is 128 Å². The summed E-state index contributed by atoms with van der Waals surface area (Å²) in [5.41, 5.74) is 8.19. The van der Waals surface area contributed by atoms with Crippen molar-refractivity contribution in [2.24, 2.45) is 5.73 Å². The molecular formula is C18H28N2O. The van der Waals surface area contributed by atoms with Crippen LogP contribution in [-0.2, 0) is 11.2 Å². The molecule has 0 unspecified atom stereocenters. The fourth-order valence-electron chi connectivity index (χ4n) is 3.26. The van der Waals surface area contributed by atoms with Gasteiger partial charge in [0.05, 0.1) is 0 Å². The summed E-state index contributed by atoms with van der Waals surface area (Å²) >= 11 is 0. The molecule has 1 saturated carbocycles. The van der Waals surface area contributed by atoms with Crippen LogP contribution in [0.1, 0.15) is 49.7 Å². The predicted molar refractivity (Wildman–Crippen MR) is 87.1 cm³/mol. The smallest absolute Gasteiger partial charge is 0.223 e. The van der Waals surface area contributed by atoms with Crippen molar-refractivity contribution in [2.45, 2.75) is 57.9 Å². The standard InChI is InChI=1S/C18H28N2O/c1-15-7-2-3-8-16(15)11-12-18(21)20(14-6-13-19)17-9-4-5-10-17/h2-3,7-8,17H,4-6,9-14,19H2,1H3. The number of carbonyl (C=O) groups excluding carboxylic acids is 1. The van der Waals surface area contributed by atoms with Gasteiger partial charge >= 0.3 is 0 Å². The molecule has 0 spiro atoms. The summed E-state index contributed by atoms with van der Waals surface area (Å²) in [6.45, 7) is 3.60. The highest BCUT2D eigenvalue weighted by molar-refractivity contribution is 5.77. The molecule has 0 saturated heterocycles. The van der Waals surface area contributed by atoms with Gasteiger partial charge in [-0.05, 0) is 50.3 Å². The van der Waals surface area contributed by atoms with Crippen molar-refractivity contribution in [3.8, 4) is 0 Å². The van der Waals surface area contributed by atoms with Crippen LogP contribution < -0.4 is 5.73 Å². The Morgan fingerprint density at radius 2 is 2.00 bits per heavy atom. The lowest BCUT2D eigenvalue weighted by molar-refractivity contribution is -0.133. The molecule has 1 amide bonds. The number of nitrogens with two attached hydrogens (primary N) is 1. The maximum atomic E-state index is 12.6. The molecule has 1 aromatic carbocycles. The highest BCUT2D eigenvalue weighted by atomic mass is 16.2. The van der Waals surface area contributed by atoms with Gasteiger partial charge < -0.3 is 10.6 Å². The van der Waals surface area contributed by atoms with Gasteiger partial charge in [-0.1, -0.05) is 37.1 Å². The largest absolute Gasteiger partial charge is 0.340 e. The molecule has 2 N–H and O–H groups in total. The van der Waals surface area contributed by atoms with Crippen molar-refractivity contribution in [2.75, 3.05) is 13.1 Å². The number of aryl methyl sites for hydroxylation is 2. The van der Waals surface area contributed by atoms with Crippen LogP contribution in [0.25, 0.3) is 0 Å². The highest BCUT2D eigenvalue weighted by Crippen LogP contribution is 2.24. The van der Waals surface area contributed by atoms with Gasteiger partial charge in [0.2, 0.25) is 5.91 Å². The molecule has 1 aliphatic rings. The van der Waals surface area contributed by atoms with Crippen LogP contribution in [0, 0.1) is 6.92 Å². The van der Waals surface area contributed by atoms with E-state index in [0.29, 0.717) is 24.9 Å². The summed E-state index contributed by atoms with van der Waals surface area (Å²) in [7, 11) is 0. The summed E-state index contributed by atoms with van der Waals surface area (Å²) < 4.78 is 0. The van der Waals surface area contributed by atoms with Crippen LogP contribution in [-0.4, -0.2) is 29.9 Å². The van der Waals surface area contributed by atoms with E-state index < -0.39 is 0 Å². The topological polar surface area (TPSA) is 46.3 Å². The Bertz CT molecular complexity index is 452. The number of benzene rings is 1. The number of hydrogen-bond donors (Lipinski definition) is 1. The first kappa shape index (κ1) is 16.0. The van der Waals surface area contributed by atoms with Crippen LogP contribution in [0.5, 0.6) is 0 Å². The zero-order chi connectivity index (χ0) is 15.1. The lowest BCUT2D eigenvalue weighted by atomic mass is 10.0. The molecular weight excluding hydrogens is 260 g/mol. The van der Waals surface area contributed by atoms with Crippen LogP contribution in [0.2, 0.25) is 0 Å². The monoisotopic (exact) mass is 288 g/mol. The molecule has 0 aliphatic heterocycles. The van der Waals surface area contributed by atoms with Gasteiger partial charge in [0.25, 0.3) is 0 Å². The first-order valence-corrected chi connectivity index (χ1v) is 8.26. The minimum absolute atomic E-state index is 0.304. The first-order chi connectivity index (χ1) is 10.2. The fraction of sp³-hybridized carbons (Fsp3) is 0.611. The van der Waals surface area contributed by atoms with Gasteiger partial charge in [0.1, 0.15) is 0 Å². The van der Waals surface area contributed by atoms with E-state index in [1.54, 1.807) is 0 Å². The number of carbonyl (C=O) groups is 1. The van der Waals surface area contributed by atoms with Gasteiger partial charge in [0, 0.05) is 19.0 Å². The first-order valence-electron chi connectivity index (χ1n) is 8.26. The van der Waals surface area contributed by atoms with Crippen molar-refractivity contribution in [1.82, 2.24) is 4.90 Å². The van der Waals surface area contributed by atoms with E-state index in [4.69, 9.17) is 5.73 Å². The molecule has 21 heavy (non-hydrogen) atoms. The summed E-state index contributed by atoms with van der Waals surface area (Å²) in [6, 6.07) is 8.80. The van der Waals surface area contributed by atoms with Crippen LogP contribution in [0.3, 0.4) is 0 Å². The maximum absolute atomic E-state index is 12.6. The van der Waals surface area contributed by atoms with Gasteiger partial charge in [-0.2, -0.15) is 0 Å².